The van der Waals surface area contributed by atoms with E-state index in [0.717, 1.165) is 28.0 Å². The maximum absolute atomic E-state index is 10.7. The number of hydrogen-bond donors (Lipinski definition) is 1. The highest BCUT2D eigenvalue weighted by molar-refractivity contribution is 7.99. The molecule has 0 amide bonds. The summed E-state index contributed by atoms with van der Waals surface area (Å²) in [5, 5.41) is 19.7. The van der Waals surface area contributed by atoms with Crippen LogP contribution in [0.1, 0.15) is 5.56 Å². The Morgan fingerprint density at radius 2 is 2.33 bits per heavy atom. The van der Waals surface area contributed by atoms with Crippen LogP contribution in [0.15, 0.2) is 45.7 Å². The molecule has 0 saturated heterocycles. The van der Waals surface area contributed by atoms with E-state index in [0.29, 0.717) is 11.7 Å². The Morgan fingerprint density at radius 3 is 3.00 bits per heavy atom. The Kier molecular flexibility index (Phi) is 4.07. The maximum atomic E-state index is 10.7. The van der Waals surface area contributed by atoms with Gasteiger partial charge in [-0.1, -0.05) is 17.8 Å². The zero-order valence-electron chi connectivity index (χ0n) is 10.8. The Bertz CT molecular complexity index is 720. The predicted molar refractivity (Wildman–Crippen MR) is 79.5 cm³/mol. The van der Waals surface area contributed by atoms with Crippen molar-refractivity contribution < 1.29 is 14.3 Å². The molecule has 8 heteroatoms. The lowest BCUT2D eigenvalue weighted by atomic mass is 10.3. The number of thioether (sulfide) groups is 1. The zero-order chi connectivity index (χ0) is 14.7. The second kappa shape index (κ2) is 6.15. The number of hydrogen-bond acceptors (Lipinski definition) is 6. The summed E-state index contributed by atoms with van der Waals surface area (Å²) in [6.45, 7) is 0.540. The molecule has 0 atom stereocenters. The summed E-state index contributed by atoms with van der Waals surface area (Å²) >= 11 is 2.73. The highest BCUT2D eigenvalue weighted by Gasteiger charge is 2.16. The highest BCUT2D eigenvalue weighted by atomic mass is 32.2. The summed E-state index contributed by atoms with van der Waals surface area (Å²) in [6, 6.07) is 5.77. The van der Waals surface area contributed by atoms with Crippen molar-refractivity contribution in [1.29, 1.82) is 0 Å². The zero-order valence-corrected chi connectivity index (χ0v) is 12.4. The van der Waals surface area contributed by atoms with Crippen LogP contribution in [0, 0.1) is 0 Å². The molecule has 1 N–H and O–H groups in total. The summed E-state index contributed by atoms with van der Waals surface area (Å²) in [6.07, 6.45) is 3.26. The monoisotopic (exact) mass is 321 g/mol. The minimum Gasteiger partial charge on any atom is -0.481 e. The fourth-order valence-corrected chi connectivity index (χ4v) is 3.19. The maximum Gasteiger partial charge on any atom is 0.313 e. The van der Waals surface area contributed by atoms with Gasteiger partial charge in [-0.15, -0.1) is 21.5 Å². The number of nitrogens with zero attached hydrogens (tertiary/aromatic N) is 3. The molecule has 3 heterocycles. The Labute approximate surface area is 128 Å². The second-order valence-electron chi connectivity index (χ2n) is 4.18. The molecule has 0 fully saturated rings. The van der Waals surface area contributed by atoms with Crippen molar-refractivity contribution >= 4 is 29.1 Å². The van der Waals surface area contributed by atoms with Gasteiger partial charge >= 0.3 is 5.97 Å². The first-order valence-electron chi connectivity index (χ1n) is 6.07. The molecule has 3 rings (SSSR count). The Hall–Kier alpha value is -2.06. The van der Waals surface area contributed by atoms with Crippen LogP contribution >= 0.6 is 23.1 Å². The lowest BCUT2D eigenvalue weighted by molar-refractivity contribution is -0.133. The Morgan fingerprint density at radius 1 is 1.43 bits per heavy atom. The first-order valence-corrected chi connectivity index (χ1v) is 7.93. The van der Waals surface area contributed by atoms with E-state index in [1.807, 2.05) is 28.1 Å². The van der Waals surface area contributed by atoms with E-state index < -0.39 is 5.97 Å². The van der Waals surface area contributed by atoms with E-state index in [9.17, 15) is 4.79 Å². The van der Waals surface area contributed by atoms with Crippen molar-refractivity contribution in [3.05, 3.63) is 41.7 Å². The van der Waals surface area contributed by atoms with Gasteiger partial charge in [0.1, 0.15) is 0 Å². The third-order valence-corrected chi connectivity index (χ3v) is 4.52. The number of aliphatic carboxylic acids is 1. The topological polar surface area (TPSA) is 81.1 Å². The fraction of sp³-hybridized carbons (Fsp3) is 0.154. The number of furan rings is 1. The minimum atomic E-state index is -0.879. The van der Waals surface area contributed by atoms with Gasteiger partial charge in [0.2, 0.25) is 0 Å². The first kappa shape index (κ1) is 13.9. The largest absolute Gasteiger partial charge is 0.481 e. The fourth-order valence-electron chi connectivity index (χ4n) is 1.82. The Balaban J connectivity index is 1.94. The van der Waals surface area contributed by atoms with Crippen LogP contribution in [0.5, 0.6) is 0 Å². The second-order valence-corrected chi connectivity index (χ2v) is 6.07. The standard InChI is InChI=1S/C13H11N3O3S2/c17-11(18)8-21-13-15-14-12(10-2-1-5-20-10)16(13)6-9-3-4-19-7-9/h1-5,7H,6,8H2,(H,17,18). The normalized spacial score (nSPS) is 10.9. The molecule has 0 aliphatic rings. The molecule has 0 aliphatic heterocycles. The lowest BCUT2D eigenvalue weighted by Gasteiger charge is -2.07. The molecular formula is C13H11N3O3S2. The van der Waals surface area contributed by atoms with Gasteiger partial charge in [0.15, 0.2) is 11.0 Å². The van der Waals surface area contributed by atoms with Crippen LogP contribution in [0.3, 0.4) is 0 Å². The van der Waals surface area contributed by atoms with Gasteiger partial charge < -0.3 is 9.52 Å². The van der Waals surface area contributed by atoms with E-state index in [2.05, 4.69) is 10.2 Å². The van der Waals surface area contributed by atoms with Gasteiger partial charge in [-0.2, -0.15) is 0 Å². The number of rotatable bonds is 6. The van der Waals surface area contributed by atoms with Crippen molar-refractivity contribution in [2.24, 2.45) is 0 Å². The predicted octanol–water partition coefficient (Wildman–Crippen LogP) is 2.82. The molecule has 0 spiro atoms. The summed E-state index contributed by atoms with van der Waals surface area (Å²) < 4.78 is 6.99. The molecule has 0 unspecified atom stereocenters. The van der Waals surface area contributed by atoms with Crippen LogP contribution in [-0.4, -0.2) is 31.6 Å². The molecule has 0 radical (unpaired) electrons. The third-order valence-electron chi connectivity index (χ3n) is 2.70. The molecule has 0 bridgehead atoms. The van der Waals surface area contributed by atoms with E-state index in [1.54, 1.807) is 23.9 Å². The van der Waals surface area contributed by atoms with Gasteiger partial charge in [-0.25, -0.2) is 0 Å². The molecule has 0 aromatic carbocycles. The molecule has 6 nitrogen and oxygen atoms in total. The van der Waals surface area contributed by atoms with E-state index in [1.165, 1.54) is 0 Å². The number of thiophene rings is 1. The van der Waals surface area contributed by atoms with E-state index >= 15 is 0 Å². The molecule has 21 heavy (non-hydrogen) atoms. The van der Waals surface area contributed by atoms with E-state index in [-0.39, 0.29) is 5.75 Å². The van der Waals surface area contributed by atoms with Crippen molar-refractivity contribution in [3.63, 3.8) is 0 Å². The van der Waals surface area contributed by atoms with Crippen LogP contribution < -0.4 is 0 Å². The smallest absolute Gasteiger partial charge is 0.313 e. The van der Waals surface area contributed by atoms with Crippen molar-refractivity contribution in [2.75, 3.05) is 5.75 Å². The number of carboxylic acid groups (broad SMARTS) is 1. The number of carbonyl (C=O) groups is 1. The van der Waals surface area contributed by atoms with Crippen molar-refractivity contribution in [1.82, 2.24) is 14.8 Å². The van der Waals surface area contributed by atoms with E-state index in [4.69, 9.17) is 9.52 Å². The summed E-state index contributed by atoms with van der Waals surface area (Å²) in [7, 11) is 0. The average molecular weight is 321 g/mol. The van der Waals surface area contributed by atoms with Gasteiger partial charge in [-0.3, -0.25) is 9.36 Å². The summed E-state index contributed by atoms with van der Waals surface area (Å²) in [4.78, 5) is 11.7. The molecular weight excluding hydrogens is 310 g/mol. The van der Waals surface area contributed by atoms with Crippen molar-refractivity contribution in [2.45, 2.75) is 11.7 Å². The quantitative estimate of drug-likeness (QED) is 0.703. The van der Waals surface area contributed by atoms with Crippen molar-refractivity contribution in [3.8, 4) is 10.7 Å². The summed E-state index contributed by atoms with van der Waals surface area (Å²) in [5.74, 6) is -0.192. The molecule has 3 aromatic heterocycles. The van der Waals surface area contributed by atoms with Crippen LogP contribution in [0.2, 0.25) is 0 Å². The van der Waals surface area contributed by atoms with Gasteiger partial charge in [-0.05, 0) is 17.5 Å². The molecule has 0 saturated carbocycles. The molecule has 3 aromatic rings. The van der Waals surface area contributed by atoms with Crippen LogP contribution in [0.25, 0.3) is 10.7 Å². The summed E-state index contributed by atoms with van der Waals surface area (Å²) in [5.41, 5.74) is 0.977. The molecule has 108 valence electrons. The highest BCUT2D eigenvalue weighted by Crippen LogP contribution is 2.28. The number of aromatic nitrogens is 3. The SMILES string of the molecule is O=C(O)CSc1nnc(-c2cccs2)n1Cc1ccoc1. The third kappa shape index (κ3) is 3.17. The van der Waals surface area contributed by atoms with Crippen LogP contribution in [0.4, 0.5) is 0 Å². The van der Waals surface area contributed by atoms with Gasteiger partial charge in [0, 0.05) is 5.56 Å². The minimum absolute atomic E-state index is 0.0477. The molecule has 0 aliphatic carbocycles. The first-order chi connectivity index (χ1) is 10.2. The van der Waals surface area contributed by atoms with Gasteiger partial charge in [0.05, 0.1) is 29.7 Å². The van der Waals surface area contributed by atoms with Crippen LogP contribution in [-0.2, 0) is 11.3 Å². The number of carboxylic acids is 1. The lowest BCUT2D eigenvalue weighted by Crippen LogP contribution is -2.05. The van der Waals surface area contributed by atoms with Gasteiger partial charge in [0.25, 0.3) is 0 Å². The average Bonchev–Trinajstić information content (AvgIpc) is 3.18.